The minimum atomic E-state index is -0.418. The van der Waals surface area contributed by atoms with Gasteiger partial charge in [-0.15, -0.1) is 6.58 Å². The van der Waals surface area contributed by atoms with E-state index >= 15 is 0 Å². The lowest BCUT2D eigenvalue weighted by atomic mass is 10.1. The summed E-state index contributed by atoms with van der Waals surface area (Å²) in [6.07, 6.45) is 2.99. The Bertz CT molecular complexity index is 1030. The molecular weight excluding hydrogens is 439 g/mol. The molecule has 1 heterocycles. The van der Waals surface area contributed by atoms with Gasteiger partial charge in [-0.05, 0) is 48.5 Å². The van der Waals surface area contributed by atoms with Crippen LogP contribution < -0.4 is 5.32 Å². The quantitative estimate of drug-likeness (QED) is 0.493. The van der Waals surface area contributed by atoms with Crippen molar-refractivity contribution in [1.82, 2.24) is 4.90 Å². The number of rotatable bonds is 7. The van der Waals surface area contributed by atoms with Crippen LogP contribution in [0.5, 0.6) is 0 Å². The second kappa shape index (κ2) is 9.34. The van der Waals surface area contributed by atoms with Gasteiger partial charge < -0.3 is 14.6 Å². The van der Waals surface area contributed by atoms with Crippen LogP contribution >= 0.6 is 15.9 Å². The Hall–Kier alpha value is -3.19. The molecule has 1 N–H and O–H groups in total. The zero-order valence-corrected chi connectivity index (χ0v) is 17.0. The smallest absolute Gasteiger partial charge is 0.291 e. The standard InChI is InChI=1S/C22H18BrFN2O3/c1-2-10-26(14-16-12-17(23)8-9-19(16)24)22(28)15-5-3-6-18(13-15)25-21(27)20-7-4-11-29-20/h2-9,11-13H,1,10,14H2,(H,25,27). The number of hydrogen-bond donors (Lipinski definition) is 1. The Morgan fingerprint density at radius 3 is 2.72 bits per heavy atom. The molecule has 3 rings (SSSR count). The number of anilines is 1. The van der Waals surface area contributed by atoms with E-state index in [4.69, 9.17) is 4.42 Å². The van der Waals surface area contributed by atoms with Crippen molar-refractivity contribution in [3.63, 3.8) is 0 Å². The molecule has 1 aromatic heterocycles. The van der Waals surface area contributed by atoms with Crippen LogP contribution in [0.1, 0.15) is 26.5 Å². The fourth-order valence-corrected chi connectivity index (χ4v) is 3.17. The van der Waals surface area contributed by atoms with Crippen LogP contribution in [0.3, 0.4) is 0 Å². The van der Waals surface area contributed by atoms with Gasteiger partial charge in [0.1, 0.15) is 5.82 Å². The maximum atomic E-state index is 14.1. The Balaban J connectivity index is 1.80. The molecule has 0 saturated heterocycles. The van der Waals surface area contributed by atoms with E-state index in [0.29, 0.717) is 16.8 Å². The van der Waals surface area contributed by atoms with E-state index in [1.807, 2.05) is 0 Å². The second-order valence-corrected chi connectivity index (χ2v) is 7.14. The minimum absolute atomic E-state index is 0.0824. The average molecular weight is 457 g/mol. The Labute approximate surface area is 176 Å². The molecule has 2 aromatic carbocycles. The van der Waals surface area contributed by atoms with Gasteiger partial charge in [-0.1, -0.05) is 28.1 Å². The van der Waals surface area contributed by atoms with Crippen molar-refractivity contribution >= 4 is 33.4 Å². The fourth-order valence-electron chi connectivity index (χ4n) is 2.76. The Morgan fingerprint density at radius 2 is 2.00 bits per heavy atom. The summed E-state index contributed by atoms with van der Waals surface area (Å²) in [5.41, 5.74) is 1.20. The number of nitrogens with one attached hydrogen (secondary N) is 1. The number of amides is 2. The number of carbonyl (C=O) groups excluding carboxylic acids is 2. The lowest BCUT2D eigenvalue weighted by Gasteiger charge is -2.22. The first-order valence-electron chi connectivity index (χ1n) is 8.77. The van der Waals surface area contributed by atoms with Crippen molar-refractivity contribution in [1.29, 1.82) is 0 Å². The third kappa shape index (κ3) is 5.20. The number of carbonyl (C=O) groups is 2. The summed E-state index contributed by atoms with van der Waals surface area (Å²) < 4.78 is 19.9. The van der Waals surface area contributed by atoms with Crippen molar-refractivity contribution in [2.24, 2.45) is 0 Å². The third-order valence-corrected chi connectivity index (χ3v) is 4.61. The van der Waals surface area contributed by atoms with Crippen LogP contribution in [0, 0.1) is 5.82 Å². The minimum Gasteiger partial charge on any atom is -0.459 e. The topological polar surface area (TPSA) is 62.6 Å². The van der Waals surface area contributed by atoms with Gasteiger partial charge in [-0.3, -0.25) is 9.59 Å². The van der Waals surface area contributed by atoms with E-state index in [0.717, 1.165) is 4.47 Å². The maximum absolute atomic E-state index is 14.1. The predicted octanol–water partition coefficient (Wildman–Crippen LogP) is 5.26. The van der Waals surface area contributed by atoms with Gasteiger partial charge in [0, 0.05) is 34.4 Å². The zero-order valence-electron chi connectivity index (χ0n) is 15.4. The lowest BCUT2D eigenvalue weighted by Crippen LogP contribution is -2.31. The monoisotopic (exact) mass is 456 g/mol. The van der Waals surface area contributed by atoms with Crippen molar-refractivity contribution in [3.8, 4) is 0 Å². The SMILES string of the molecule is C=CCN(Cc1cc(Br)ccc1F)C(=O)c1cccc(NC(=O)c2ccco2)c1. The van der Waals surface area contributed by atoms with Gasteiger partial charge in [0.05, 0.1) is 6.26 Å². The first-order chi connectivity index (χ1) is 14.0. The van der Waals surface area contributed by atoms with Gasteiger partial charge >= 0.3 is 0 Å². The molecule has 0 spiro atoms. The van der Waals surface area contributed by atoms with Crippen molar-refractivity contribution in [3.05, 3.63) is 101 Å². The van der Waals surface area contributed by atoms with E-state index in [1.54, 1.807) is 54.6 Å². The number of benzene rings is 2. The molecule has 0 unspecified atom stereocenters. The molecule has 0 aliphatic heterocycles. The highest BCUT2D eigenvalue weighted by molar-refractivity contribution is 9.10. The summed E-state index contributed by atoms with van der Waals surface area (Å²) in [6, 6.07) is 14.3. The molecule has 0 atom stereocenters. The van der Waals surface area contributed by atoms with E-state index in [2.05, 4.69) is 27.8 Å². The molecule has 3 aromatic rings. The summed E-state index contributed by atoms with van der Waals surface area (Å²) in [4.78, 5) is 26.6. The van der Waals surface area contributed by atoms with Gasteiger partial charge in [-0.25, -0.2) is 4.39 Å². The molecule has 29 heavy (non-hydrogen) atoms. The molecule has 0 bridgehead atoms. The molecule has 5 nitrogen and oxygen atoms in total. The normalized spacial score (nSPS) is 10.4. The average Bonchev–Trinajstić information content (AvgIpc) is 3.25. The number of hydrogen-bond acceptors (Lipinski definition) is 3. The van der Waals surface area contributed by atoms with Gasteiger partial charge in [-0.2, -0.15) is 0 Å². The zero-order chi connectivity index (χ0) is 20.8. The van der Waals surface area contributed by atoms with Gasteiger partial charge in [0.25, 0.3) is 11.8 Å². The molecule has 2 amide bonds. The predicted molar refractivity (Wildman–Crippen MR) is 112 cm³/mol. The molecule has 0 radical (unpaired) electrons. The molecule has 0 fully saturated rings. The number of halogens is 2. The van der Waals surface area contributed by atoms with Crippen molar-refractivity contribution in [2.75, 3.05) is 11.9 Å². The molecule has 148 valence electrons. The number of furan rings is 1. The van der Waals surface area contributed by atoms with Gasteiger partial charge in [0.2, 0.25) is 0 Å². The summed E-state index contributed by atoms with van der Waals surface area (Å²) >= 11 is 3.32. The fraction of sp³-hybridized carbons (Fsp3) is 0.0909. The van der Waals surface area contributed by atoms with E-state index < -0.39 is 11.7 Å². The van der Waals surface area contributed by atoms with Crippen LogP contribution in [0.15, 0.2) is 82.4 Å². The summed E-state index contributed by atoms with van der Waals surface area (Å²) in [5, 5.41) is 2.69. The van der Waals surface area contributed by atoms with Crippen LogP contribution in [0.2, 0.25) is 0 Å². The molecule has 0 aliphatic carbocycles. The maximum Gasteiger partial charge on any atom is 0.291 e. The Kier molecular flexibility index (Phi) is 6.61. The second-order valence-electron chi connectivity index (χ2n) is 6.22. The summed E-state index contributed by atoms with van der Waals surface area (Å²) in [7, 11) is 0. The van der Waals surface area contributed by atoms with Crippen molar-refractivity contribution < 1.29 is 18.4 Å². The molecule has 0 aliphatic rings. The molecule has 0 saturated carbocycles. The first-order valence-corrected chi connectivity index (χ1v) is 9.56. The highest BCUT2D eigenvalue weighted by Gasteiger charge is 2.18. The largest absolute Gasteiger partial charge is 0.459 e. The highest BCUT2D eigenvalue weighted by Crippen LogP contribution is 2.20. The molecule has 7 heteroatoms. The first kappa shape index (κ1) is 20.5. The van der Waals surface area contributed by atoms with Gasteiger partial charge in [0.15, 0.2) is 5.76 Å². The van der Waals surface area contributed by atoms with Crippen LogP contribution in [0.4, 0.5) is 10.1 Å². The molecular formula is C22H18BrFN2O3. The van der Waals surface area contributed by atoms with E-state index in [9.17, 15) is 14.0 Å². The summed E-state index contributed by atoms with van der Waals surface area (Å²) in [5.74, 6) is -0.952. The lowest BCUT2D eigenvalue weighted by molar-refractivity contribution is 0.0761. The van der Waals surface area contributed by atoms with Crippen LogP contribution in [-0.2, 0) is 6.54 Å². The number of nitrogens with zero attached hydrogens (tertiary/aromatic N) is 1. The summed E-state index contributed by atoms with van der Waals surface area (Å²) in [6.45, 7) is 4.01. The van der Waals surface area contributed by atoms with Crippen LogP contribution in [-0.4, -0.2) is 23.3 Å². The third-order valence-electron chi connectivity index (χ3n) is 4.12. The van der Waals surface area contributed by atoms with Crippen LogP contribution in [0.25, 0.3) is 0 Å². The van der Waals surface area contributed by atoms with E-state index in [1.165, 1.54) is 17.2 Å². The highest BCUT2D eigenvalue weighted by atomic mass is 79.9. The Morgan fingerprint density at radius 1 is 1.17 bits per heavy atom. The van der Waals surface area contributed by atoms with Crippen molar-refractivity contribution in [2.45, 2.75) is 6.54 Å². The van der Waals surface area contributed by atoms with E-state index in [-0.39, 0.29) is 24.8 Å².